The molecule has 0 radical (unpaired) electrons. The summed E-state index contributed by atoms with van der Waals surface area (Å²) in [7, 11) is 1.52. The second-order valence-corrected chi connectivity index (χ2v) is 6.19. The number of aromatic nitrogens is 2. The van der Waals surface area contributed by atoms with Gasteiger partial charge in [0.05, 0.1) is 13.7 Å². The van der Waals surface area contributed by atoms with Gasteiger partial charge in [-0.05, 0) is 17.7 Å². The molecule has 1 atom stereocenters. The van der Waals surface area contributed by atoms with Crippen molar-refractivity contribution >= 4 is 6.03 Å². The van der Waals surface area contributed by atoms with Crippen LogP contribution >= 0.6 is 0 Å². The summed E-state index contributed by atoms with van der Waals surface area (Å²) < 4.78 is 21.6. The number of urea groups is 1. The number of likely N-dealkylation sites (tertiary alicyclic amines) is 1. The zero-order valence-electron chi connectivity index (χ0n) is 14.9. The smallest absolute Gasteiger partial charge is 0.317 e. The third kappa shape index (κ3) is 3.81. The van der Waals surface area contributed by atoms with Crippen LogP contribution in [-0.4, -0.2) is 54.0 Å². The molecule has 1 aromatic carbocycles. The number of carbonyl (C=O) groups excluding carboxylic acids is 1. The fourth-order valence-corrected chi connectivity index (χ4v) is 3.04. The average Bonchev–Trinajstić information content (AvgIpc) is 3.35. The van der Waals surface area contributed by atoms with Gasteiger partial charge < -0.3 is 29.2 Å². The number of ether oxygens (including phenoxy) is 4. The van der Waals surface area contributed by atoms with E-state index in [4.69, 9.17) is 18.9 Å². The third-order valence-corrected chi connectivity index (χ3v) is 4.42. The normalized spacial score (nSPS) is 17.7. The van der Waals surface area contributed by atoms with E-state index in [1.54, 1.807) is 11.1 Å². The molecule has 0 unspecified atom stereocenters. The zero-order chi connectivity index (χ0) is 18.6. The number of nitrogens with zero attached hydrogens (tertiary/aromatic N) is 3. The molecule has 142 valence electrons. The molecule has 2 aromatic rings. The van der Waals surface area contributed by atoms with Crippen molar-refractivity contribution in [3.63, 3.8) is 0 Å². The molecule has 4 rings (SSSR count). The number of fused-ring (bicyclic) bond motifs is 1. The Morgan fingerprint density at radius 3 is 2.93 bits per heavy atom. The van der Waals surface area contributed by atoms with Gasteiger partial charge in [0.1, 0.15) is 6.10 Å². The highest BCUT2D eigenvalue weighted by molar-refractivity contribution is 5.74. The van der Waals surface area contributed by atoms with Crippen molar-refractivity contribution in [2.24, 2.45) is 0 Å². The van der Waals surface area contributed by atoms with E-state index >= 15 is 0 Å². The molecule has 1 saturated heterocycles. The summed E-state index contributed by atoms with van der Waals surface area (Å²) in [5, 5.41) is 2.92. The summed E-state index contributed by atoms with van der Waals surface area (Å²) in [5.74, 6) is 2.11. The van der Waals surface area contributed by atoms with E-state index in [1.807, 2.05) is 18.2 Å². The number of amides is 2. The molecule has 0 bridgehead atoms. The molecule has 1 N–H and O–H groups in total. The fourth-order valence-electron chi connectivity index (χ4n) is 3.04. The van der Waals surface area contributed by atoms with Gasteiger partial charge in [-0.25, -0.2) is 14.8 Å². The molecule has 2 aliphatic heterocycles. The molecule has 2 aliphatic rings. The van der Waals surface area contributed by atoms with Gasteiger partial charge in [0.15, 0.2) is 11.5 Å². The molecule has 27 heavy (non-hydrogen) atoms. The van der Waals surface area contributed by atoms with Crippen molar-refractivity contribution in [1.82, 2.24) is 20.2 Å². The molecule has 0 saturated carbocycles. The lowest BCUT2D eigenvalue weighted by Gasteiger charge is -2.18. The molecule has 3 heterocycles. The Balaban J connectivity index is 1.29. The molecule has 9 nitrogen and oxygen atoms in total. The van der Waals surface area contributed by atoms with Crippen LogP contribution in [0.25, 0.3) is 0 Å². The van der Waals surface area contributed by atoms with Crippen LogP contribution < -0.4 is 24.3 Å². The molecule has 2 amide bonds. The lowest BCUT2D eigenvalue weighted by molar-refractivity contribution is 0.174. The Labute approximate surface area is 156 Å². The average molecular weight is 372 g/mol. The number of methoxy groups -OCH3 is 1. The van der Waals surface area contributed by atoms with Crippen molar-refractivity contribution in [3.05, 3.63) is 36.2 Å². The first-order valence-electron chi connectivity index (χ1n) is 8.66. The van der Waals surface area contributed by atoms with Crippen LogP contribution in [0.3, 0.4) is 0 Å². The first-order valence-corrected chi connectivity index (χ1v) is 8.66. The maximum absolute atomic E-state index is 12.4. The Hall–Kier alpha value is -3.23. The van der Waals surface area contributed by atoms with Gasteiger partial charge in [-0.1, -0.05) is 6.07 Å². The maximum Gasteiger partial charge on any atom is 0.317 e. The first-order chi connectivity index (χ1) is 13.2. The van der Waals surface area contributed by atoms with E-state index in [9.17, 15) is 4.79 Å². The Morgan fingerprint density at radius 2 is 2.07 bits per heavy atom. The number of hydrogen-bond acceptors (Lipinski definition) is 7. The van der Waals surface area contributed by atoms with E-state index in [-0.39, 0.29) is 18.9 Å². The SMILES string of the molecule is COc1nccnc1O[C@@H]1CCN(C(=O)NCc2ccc3c(c2)OCO3)C1. The Bertz CT molecular complexity index is 831. The zero-order valence-corrected chi connectivity index (χ0v) is 14.9. The Kier molecular flexibility index (Phi) is 4.82. The quantitative estimate of drug-likeness (QED) is 0.851. The van der Waals surface area contributed by atoms with Crippen molar-refractivity contribution in [2.75, 3.05) is 27.0 Å². The monoisotopic (exact) mass is 372 g/mol. The van der Waals surface area contributed by atoms with Gasteiger partial charge in [-0.3, -0.25) is 0 Å². The summed E-state index contributed by atoms with van der Waals surface area (Å²) in [6.07, 6.45) is 3.66. The highest BCUT2D eigenvalue weighted by Gasteiger charge is 2.28. The molecule has 0 aliphatic carbocycles. The standard InChI is InChI=1S/C18H20N4O5/c1-24-16-17(20-6-5-19-16)27-13-4-7-22(10-13)18(23)21-9-12-2-3-14-15(8-12)26-11-25-14/h2-3,5-6,8,13H,4,7,9-11H2,1H3,(H,21,23)/t13-/m1/s1. The third-order valence-electron chi connectivity index (χ3n) is 4.42. The molecular weight excluding hydrogens is 352 g/mol. The first kappa shape index (κ1) is 17.2. The fraction of sp³-hybridized carbons (Fsp3) is 0.389. The van der Waals surface area contributed by atoms with Crippen LogP contribution in [0.5, 0.6) is 23.3 Å². The number of hydrogen-bond donors (Lipinski definition) is 1. The topological polar surface area (TPSA) is 95.0 Å². The number of benzene rings is 1. The molecule has 0 spiro atoms. The summed E-state index contributed by atoms with van der Waals surface area (Å²) >= 11 is 0. The summed E-state index contributed by atoms with van der Waals surface area (Å²) in [5.41, 5.74) is 0.948. The minimum absolute atomic E-state index is 0.134. The lowest BCUT2D eigenvalue weighted by Crippen LogP contribution is -2.39. The largest absolute Gasteiger partial charge is 0.477 e. The van der Waals surface area contributed by atoms with E-state index < -0.39 is 0 Å². The Morgan fingerprint density at radius 1 is 1.26 bits per heavy atom. The molecular formula is C18H20N4O5. The summed E-state index contributed by atoms with van der Waals surface area (Å²) in [6, 6.07) is 5.49. The van der Waals surface area contributed by atoms with Crippen LogP contribution in [-0.2, 0) is 6.54 Å². The predicted molar refractivity (Wildman–Crippen MR) is 94.0 cm³/mol. The van der Waals surface area contributed by atoms with Gasteiger partial charge in [0, 0.05) is 31.9 Å². The number of rotatable bonds is 5. The van der Waals surface area contributed by atoms with Crippen molar-refractivity contribution in [1.29, 1.82) is 0 Å². The molecule has 9 heteroatoms. The van der Waals surface area contributed by atoms with Gasteiger partial charge >= 0.3 is 6.03 Å². The lowest BCUT2D eigenvalue weighted by atomic mass is 10.2. The maximum atomic E-state index is 12.4. The highest BCUT2D eigenvalue weighted by atomic mass is 16.7. The number of nitrogens with one attached hydrogen (secondary N) is 1. The minimum atomic E-state index is -0.146. The van der Waals surface area contributed by atoms with E-state index in [0.717, 1.165) is 17.7 Å². The van der Waals surface area contributed by atoms with E-state index in [2.05, 4.69) is 15.3 Å². The number of carbonyl (C=O) groups is 1. The highest BCUT2D eigenvalue weighted by Crippen LogP contribution is 2.32. The van der Waals surface area contributed by atoms with Crippen molar-refractivity contribution in [3.8, 4) is 23.3 Å². The van der Waals surface area contributed by atoms with Crippen LogP contribution in [0, 0.1) is 0 Å². The van der Waals surface area contributed by atoms with E-state index in [0.29, 0.717) is 37.1 Å². The van der Waals surface area contributed by atoms with Crippen LogP contribution in [0.1, 0.15) is 12.0 Å². The van der Waals surface area contributed by atoms with Crippen molar-refractivity contribution < 1.29 is 23.7 Å². The minimum Gasteiger partial charge on any atom is -0.477 e. The van der Waals surface area contributed by atoms with Crippen molar-refractivity contribution in [2.45, 2.75) is 19.1 Å². The second-order valence-electron chi connectivity index (χ2n) is 6.19. The van der Waals surface area contributed by atoms with Gasteiger partial charge in [-0.2, -0.15) is 0 Å². The van der Waals surface area contributed by atoms with E-state index in [1.165, 1.54) is 13.3 Å². The predicted octanol–water partition coefficient (Wildman–Crippen LogP) is 1.58. The summed E-state index contributed by atoms with van der Waals surface area (Å²) in [6.45, 7) is 1.74. The summed E-state index contributed by atoms with van der Waals surface area (Å²) in [4.78, 5) is 22.3. The van der Waals surface area contributed by atoms with Gasteiger partial charge in [-0.15, -0.1) is 0 Å². The molecule has 1 aromatic heterocycles. The van der Waals surface area contributed by atoms with Gasteiger partial charge in [0.2, 0.25) is 6.79 Å². The van der Waals surface area contributed by atoms with Crippen LogP contribution in [0.4, 0.5) is 4.79 Å². The second kappa shape index (κ2) is 7.56. The molecule has 1 fully saturated rings. The van der Waals surface area contributed by atoms with Gasteiger partial charge in [0.25, 0.3) is 11.8 Å². The van der Waals surface area contributed by atoms with Crippen LogP contribution in [0.2, 0.25) is 0 Å². The van der Waals surface area contributed by atoms with Crippen LogP contribution in [0.15, 0.2) is 30.6 Å².